The quantitative estimate of drug-likeness (QED) is 0.854. The molecule has 0 heterocycles. The predicted octanol–water partition coefficient (Wildman–Crippen LogP) is 2.99. The van der Waals surface area contributed by atoms with Crippen LogP contribution >= 0.6 is 0 Å². The molecule has 2 aromatic rings. The van der Waals surface area contributed by atoms with Gasteiger partial charge < -0.3 is 5.73 Å². The Morgan fingerprint density at radius 1 is 0.950 bits per heavy atom. The van der Waals surface area contributed by atoms with Gasteiger partial charge in [0.1, 0.15) is 0 Å². The molecular formula is C15H18N2O2S. The van der Waals surface area contributed by atoms with Crippen LogP contribution in [0.3, 0.4) is 0 Å². The Hall–Kier alpha value is -2.01. The van der Waals surface area contributed by atoms with E-state index in [1.807, 2.05) is 26.8 Å². The average molecular weight is 290 g/mol. The second-order valence-corrected chi connectivity index (χ2v) is 6.62. The standard InChI is InChI=1S/C15H18N2O2S/c1-10-4-6-13(7-5-10)20(18,19)17-15-9-14(16)11(2)8-12(15)3/h4-9,17H,16H2,1-3H3. The first-order chi connectivity index (χ1) is 9.29. The fourth-order valence-electron chi connectivity index (χ4n) is 1.90. The lowest BCUT2D eigenvalue weighted by Crippen LogP contribution is -2.14. The Bertz CT molecular complexity index is 735. The number of nitrogens with one attached hydrogen (secondary N) is 1. The minimum absolute atomic E-state index is 0.238. The van der Waals surface area contributed by atoms with E-state index in [1.165, 1.54) is 0 Å². The number of nitrogen functional groups attached to an aromatic ring is 1. The molecular weight excluding hydrogens is 272 g/mol. The summed E-state index contributed by atoms with van der Waals surface area (Å²) in [7, 11) is -3.59. The van der Waals surface area contributed by atoms with Crippen LogP contribution in [0.4, 0.5) is 11.4 Å². The Labute approximate surface area is 119 Å². The number of sulfonamides is 1. The van der Waals surface area contributed by atoms with Gasteiger partial charge in [-0.2, -0.15) is 0 Å². The van der Waals surface area contributed by atoms with Gasteiger partial charge in [0.25, 0.3) is 10.0 Å². The molecule has 20 heavy (non-hydrogen) atoms. The summed E-state index contributed by atoms with van der Waals surface area (Å²) >= 11 is 0. The minimum atomic E-state index is -3.59. The van der Waals surface area contributed by atoms with Crippen molar-refractivity contribution in [1.82, 2.24) is 0 Å². The third-order valence-corrected chi connectivity index (χ3v) is 4.57. The summed E-state index contributed by atoms with van der Waals surface area (Å²) in [5, 5.41) is 0. The van der Waals surface area contributed by atoms with Crippen LogP contribution in [0.25, 0.3) is 0 Å². The van der Waals surface area contributed by atoms with E-state index in [4.69, 9.17) is 5.73 Å². The lowest BCUT2D eigenvalue weighted by molar-refractivity contribution is 0.601. The van der Waals surface area contributed by atoms with Crippen molar-refractivity contribution in [2.24, 2.45) is 0 Å². The number of hydrogen-bond donors (Lipinski definition) is 2. The van der Waals surface area contributed by atoms with Gasteiger partial charge in [0, 0.05) is 5.69 Å². The molecule has 0 aliphatic rings. The zero-order valence-electron chi connectivity index (χ0n) is 11.8. The average Bonchev–Trinajstić information content (AvgIpc) is 2.36. The molecule has 2 rings (SSSR count). The molecule has 0 unspecified atom stereocenters. The first-order valence-corrected chi connectivity index (χ1v) is 7.74. The van der Waals surface area contributed by atoms with Gasteiger partial charge in [-0.3, -0.25) is 4.72 Å². The highest BCUT2D eigenvalue weighted by atomic mass is 32.2. The molecule has 0 atom stereocenters. The summed E-state index contributed by atoms with van der Waals surface area (Å²) in [6.45, 7) is 5.65. The molecule has 0 aromatic heterocycles. The SMILES string of the molecule is Cc1ccc(S(=O)(=O)Nc2cc(N)c(C)cc2C)cc1. The van der Waals surface area contributed by atoms with Gasteiger partial charge in [-0.05, 0) is 50.1 Å². The van der Waals surface area contributed by atoms with Crippen LogP contribution in [0.15, 0.2) is 41.3 Å². The molecule has 2 aromatic carbocycles. The van der Waals surface area contributed by atoms with E-state index in [1.54, 1.807) is 30.3 Å². The fourth-order valence-corrected chi connectivity index (χ4v) is 3.02. The molecule has 0 saturated carbocycles. The van der Waals surface area contributed by atoms with E-state index in [9.17, 15) is 8.42 Å². The van der Waals surface area contributed by atoms with Crippen molar-refractivity contribution in [3.63, 3.8) is 0 Å². The second-order valence-electron chi connectivity index (χ2n) is 4.94. The van der Waals surface area contributed by atoms with Crippen molar-refractivity contribution in [1.29, 1.82) is 0 Å². The highest BCUT2D eigenvalue weighted by Gasteiger charge is 2.15. The van der Waals surface area contributed by atoms with Crippen LogP contribution in [0.1, 0.15) is 16.7 Å². The van der Waals surface area contributed by atoms with Crippen LogP contribution in [0.5, 0.6) is 0 Å². The van der Waals surface area contributed by atoms with E-state index in [0.717, 1.165) is 16.7 Å². The van der Waals surface area contributed by atoms with Gasteiger partial charge >= 0.3 is 0 Å². The smallest absolute Gasteiger partial charge is 0.261 e. The summed E-state index contributed by atoms with van der Waals surface area (Å²) in [4.78, 5) is 0.238. The number of benzene rings is 2. The van der Waals surface area contributed by atoms with Crippen molar-refractivity contribution >= 4 is 21.4 Å². The monoisotopic (exact) mass is 290 g/mol. The lowest BCUT2D eigenvalue weighted by atomic mass is 10.1. The largest absolute Gasteiger partial charge is 0.398 e. The van der Waals surface area contributed by atoms with Crippen molar-refractivity contribution in [3.05, 3.63) is 53.1 Å². The van der Waals surface area contributed by atoms with Crippen molar-refractivity contribution in [2.75, 3.05) is 10.5 Å². The Kier molecular flexibility index (Phi) is 3.72. The van der Waals surface area contributed by atoms with Crippen LogP contribution < -0.4 is 10.5 Å². The third kappa shape index (κ3) is 2.93. The van der Waals surface area contributed by atoms with Crippen LogP contribution in [0.2, 0.25) is 0 Å². The molecule has 0 fully saturated rings. The lowest BCUT2D eigenvalue weighted by Gasteiger charge is -2.13. The summed E-state index contributed by atoms with van der Waals surface area (Å²) in [5.41, 5.74) is 9.69. The van der Waals surface area contributed by atoms with Gasteiger partial charge in [0.15, 0.2) is 0 Å². The molecule has 0 bridgehead atoms. The van der Waals surface area contributed by atoms with Gasteiger partial charge in [0.2, 0.25) is 0 Å². The number of anilines is 2. The summed E-state index contributed by atoms with van der Waals surface area (Å²) in [6.07, 6.45) is 0. The van der Waals surface area contributed by atoms with Gasteiger partial charge in [-0.15, -0.1) is 0 Å². The molecule has 0 radical (unpaired) electrons. The summed E-state index contributed by atoms with van der Waals surface area (Å²) in [6, 6.07) is 10.2. The maximum atomic E-state index is 12.3. The van der Waals surface area contributed by atoms with E-state index >= 15 is 0 Å². The summed E-state index contributed by atoms with van der Waals surface area (Å²) in [5.74, 6) is 0. The molecule has 3 N–H and O–H groups in total. The Morgan fingerprint density at radius 2 is 1.55 bits per heavy atom. The molecule has 0 spiro atoms. The van der Waals surface area contributed by atoms with Crippen molar-refractivity contribution in [2.45, 2.75) is 25.7 Å². The normalized spacial score (nSPS) is 11.3. The fraction of sp³-hybridized carbons (Fsp3) is 0.200. The van der Waals surface area contributed by atoms with Crippen LogP contribution in [0, 0.1) is 20.8 Å². The number of aryl methyl sites for hydroxylation is 3. The van der Waals surface area contributed by atoms with E-state index in [0.29, 0.717) is 11.4 Å². The number of rotatable bonds is 3. The molecule has 5 heteroatoms. The van der Waals surface area contributed by atoms with Gasteiger partial charge in [0.05, 0.1) is 10.6 Å². The molecule has 4 nitrogen and oxygen atoms in total. The van der Waals surface area contributed by atoms with Crippen LogP contribution in [-0.4, -0.2) is 8.42 Å². The number of hydrogen-bond acceptors (Lipinski definition) is 3. The van der Waals surface area contributed by atoms with E-state index < -0.39 is 10.0 Å². The predicted molar refractivity (Wildman–Crippen MR) is 82.3 cm³/mol. The zero-order chi connectivity index (χ0) is 14.9. The molecule has 106 valence electrons. The van der Waals surface area contributed by atoms with Gasteiger partial charge in [-0.1, -0.05) is 23.8 Å². The Morgan fingerprint density at radius 3 is 2.15 bits per heavy atom. The first-order valence-electron chi connectivity index (χ1n) is 6.26. The van der Waals surface area contributed by atoms with E-state index in [2.05, 4.69) is 4.72 Å². The van der Waals surface area contributed by atoms with Crippen molar-refractivity contribution in [3.8, 4) is 0 Å². The maximum absolute atomic E-state index is 12.3. The Balaban J connectivity index is 2.38. The van der Waals surface area contributed by atoms with Crippen LogP contribution in [-0.2, 0) is 10.0 Å². The molecule has 0 saturated heterocycles. The molecule has 0 aliphatic carbocycles. The molecule has 0 amide bonds. The topological polar surface area (TPSA) is 72.2 Å². The molecule has 0 aliphatic heterocycles. The van der Waals surface area contributed by atoms with Crippen molar-refractivity contribution < 1.29 is 8.42 Å². The van der Waals surface area contributed by atoms with Gasteiger partial charge in [-0.25, -0.2) is 8.42 Å². The second kappa shape index (κ2) is 5.17. The van der Waals surface area contributed by atoms with E-state index in [-0.39, 0.29) is 4.90 Å². The summed E-state index contributed by atoms with van der Waals surface area (Å²) < 4.78 is 27.2. The highest BCUT2D eigenvalue weighted by Crippen LogP contribution is 2.25. The third-order valence-electron chi connectivity index (χ3n) is 3.19. The first kappa shape index (κ1) is 14.4. The highest BCUT2D eigenvalue weighted by molar-refractivity contribution is 7.92. The minimum Gasteiger partial charge on any atom is -0.398 e. The number of nitrogens with two attached hydrogens (primary N) is 1. The zero-order valence-corrected chi connectivity index (χ0v) is 12.6. The maximum Gasteiger partial charge on any atom is 0.261 e.